The minimum Gasteiger partial charge on any atom is -0.481 e. The summed E-state index contributed by atoms with van der Waals surface area (Å²) in [5, 5.41) is 12.0. The van der Waals surface area contributed by atoms with Crippen LogP contribution in [0.3, 0.4) is 0 Å². The molecular weight excluding hydrogens is 262 g/mol. The minimum atomic E-state index is -0.702. The number of carboxylic acid groups (broad SMARTS) is 1. The molecule has 0 heterocycles. The lowest BCUT2D eigenvalue weighted by molar-refractivity contribution is -0.142. The first-order valence-electron chi connectivity index (χ1n) is 7.10. The zero-order valence-electron chi connectivity index (χ0n) is 12.0. The van der Waals surface area contributed by atoms with Crippen LogP contribution in [0.2, 0.25) is 0 Å². The van der Waals surface area contributed by atoms with E-state index in [0.29, 0.717) is 18.8 Å². The summed E-state index contributed by atoms with van der Waals surface area (Å²) in [5.41, 5.74) is 0. The van der Waals surface area contributed by atoms with Gasteiger partial charge in [-0.25, -0.2) is 0 Å². The summed E-state index contributed by atoms with van der Waals surface area (Å²) < 4.78 is 0. The molecule has 1 aliphatic carbocycles. The van der Waals surface area contributed by atoms with Crippen molar-refractivity contribution in [2.75, 3.05) is 5.75 Å². The van der Waals surface area contributed by atoms with Gasteiger partial charge in [0.2, 0.25) is 5.91 Å². The summed E-state index contributed by atoms with van der Waals surface area (Å²) in [6.07, 6.45) is 2.91. The SMILES string of the molecule is CCSC(C(=O)NC1CCC(C(=O)O)CC1)C(C)C. The minimum absolute atomic E-state index is 0.00203. The molecule has 0 radical (unpaired) electrons. The van der Waals surface area contributed by atoms with Gasteiger partial charge in [0.25, 0.3) is 0 Å². The van der Waals surface area contributed by atoms with Crippen LogP contribution < -0.4 is 5.32 Å². The van der Waals surface area contributed by atoms with Gasteiger partial charge in [-0.15, -0.1) is 11.8 Å². The fourth-order valence-electron chi connectivity index (χ4n) is 2.52. The molecule has 1 saturated carbocycles. The first kappa shape index (κ1) is 16.3. The summed E-state index contributed by atoms with van der Waals surface area (Å²) in [5.74, 6) is 0.438. The topological polar surface area (TPSA) is 66.4 Å². The Morgan fingerprint density at radius 2 is 1.84 bits per heavy atom. The molecule has 2 N–H and O–H groups in total. The third kappa shape index (κ3) is 5.05. The Hall–Kier alpha value is -0.710. The number of carbonyl (C=O) groups is 2. The van der Waals surface area contributed by atoms with Gasteiger partial charge in [0.1, 0.15) is 0 Å². The number of rotatable bonds is 6. The van der Waals surface area contributed by atoms with Crippen LogP contribution in [0.1, 0.15) is 46.5 Å². The van der Waals surface area contributed by atoms with E-state index in [0.717, 1.165) is 18.6 Å². The second-order valence-electron chi connectivity index (χ2n) is 5.52. The van der Waals surface area contributed by atoms with Gasteiger partial charge < -0.3 is 10.4 Å². The molecule has 0 bridgehead atoms. The highest BCUT2D eigenvalue weighted by Gasteiger charge is 2.29. The zero-order chi connectivity index (χ0) is 14.4. The molecule has 1 aliphatic rings. The van der Waals surface area contributed by atoms with E-state index >= 15 is 0 Å². The highest BCUT2D eigenvalue weighted by molar-refractivity contribution is 8.00. The molecule has 0 aliphatic heterocycles. The van der Waals surface area contributed by atoms with Gasteiger partial charge >= 0.3 is 5.97 Å². The van der Waals surface area contributed by atoms with E-state index in [-0.39, 0.29) is 23.1 Å². The maximum atomic E-state index is 12.2. The largest absolute Gasteiger partial charge is 0.481 e. The molecule has 0 saturated heterocycles. The van der Waals surface area contributed by atoms with E-state index in [1.54, 1.807) is 11.8 Å². The number of carbonyl (C=O) groups excluding carboxylic acids is 1. The van der Waals surface area contributed by atoms with Gasteiger partial charge in [-0.2, -0.15) is 0 Å². The van der Waals surface area contributed by atoms with Gasteiger partial charge in [0.15, 0.2) is 0 Å². The van der Waals surface area contributed by atoms with Crippen molar-refractivity contribution in [1.82, 2.24) is 5.32 Å². The van der Waals surface area contributed by atoms with Crippen molar-refractivity contribution in [2.45, 2.75) is 57.7 Å². The maximum Gasteiger partial charge on any atom is 0.306 e. The van der Waals surface area contributed by atoms with Crippen molar-refractivity contribution in [3.05, 3.63) is 0 Å². The molecule has 1 unspecified atom stereocenters. The van der Waals surface area contributed by atoms with E-state index in [2.05, 4.69) is 26.1 Å². The van der Waals surface area contributed by atoms with E-state index in [1.165, 1.54) is 0 Å². The molecule has 1 fully saturated rings. The van der Waals surface area contributed by atoms with Crippen LogP contribution in [0.15, 0.2) is 0 Å². The highest BCUT2D eigenvalue weighted by Crippen LogP contribution is 2.26. The van der Waals surface area contributed by atoms with Gasteiger partial charge in [-0.1, -0.05) is 20.8 Å². The van der Waals surface area contributed by atoms with E-state index in [1.807, 2.05) is 0 Å². The number of nitrogens with one attached hydrogen (secondary N) is 1. The number of hydrogen-bond donors (Lipinski definition) is 2. The lowest BCUT2D eigenvalue weighted by Crippen LogP contribution is -2.44. The van der Waals surface area contributed by atoms with Crippen LogP contribution >= 0.6 is 11.8 Å². The first-order valence-corrected chi connectivity index (χ1v) is 8.15. The van der Waals surface area contributed by atoms with Crippen LogP contribution in [0.25, 0.3) is 0 Å². The van der Waals surface area contributed by atoms with Crippen molar-refractivity contribution in [3.63, 3.8) is 0 Å². The molecule has 4 nitrogen and oxygen atoms in total. The Morgan fingerprint density at radius 1 is 1.26 bits per heavy atom. The number of carboxylic acids is 1. The Morgan fingerprint density at radius 3 is 2.26 bits per heavy atom. The third-order valence-electron chi connectivity index (χ3n) is 3.63. The summed E-state index contributed by atoms with van der Waals surface area (Å²) in [6.45, 7) is 6.19. The normalized spacial score (nSPS) is 25.1. The fraction of sp³-hybridized carbons (Fsp3) is 0.857. The second-order valence-corrected chi connectivity index (χ2v) is 6.93. The number of aliphatic carboxylic acids is 1. The second kappa shape index (κ2) is 7.78. The predicted octanol–water partition coefficient (Wildman–Crippen LogP) is 2.52. The summed E-state index contributed by atoms with van der Waals surface area (Å²) >= 11 is 1.68. The number of hydrogen-bond acceptors (Lipinski definition) is 3. The van der Waals surface area contributed by atoms with Crippen molar-refractivity contribution in [3.8, 4) is 0 Å². The number of amides is 1. The maximum absolute atomic E-state index is 12.2. The van der Waals surface area contributed by atoms with Crippen LogP contribution in [0.5, 0.6) is 0 Å². The van der Waals surface area contributed by atoms with Crippen LogP contribution in [-0.4, -0.2) is 34.0 Å². The lowest BCUT2D eigenvalue weighted by atomic mass is 9.86. The molecule has 1 amide bonds. The fourth-order valence-corrected chi connectivity index (χ4v) is 3.48. The molecule has 5 heteroatoms. The average Bonchev–Trinajstić information content (AvgIpc) is 2.36. The summed E-state index contributed by atoms with van der Waals surface area (Å²) in [6, 6.07) is 0.154. The Labute approximate surface area is 119 Å². The number of thioether (sulfide) groups is 1. The van der Waals surface area contributed by atoms with Gasteiger partial charge in [0, 0.05) is 6.04 Å². The molecule has 0 aromatic heterocycles. The van der Waals surface area contributed by atoms with E-state index < -0.39 is 5.97 Å². The molecule has 1 rings (SSSR count). The molecular formula is C14H25NO3S. The van der Waals surface area contributed by atoms with Crippen molar-refractivity contribution >= 4 is 23.6 Å². The first-order chi connectivity index (χ1) is 8.95. The zero-order valence-corrected chi connectivity index (χ0v) is 12.8. The van der Waals surface area contributed by atoms with Gasteiger partial charge in [-0.05, 0) is 37.4 Å². The molecule has 19 heavy (non-hydrogen) atoms. The smallest absolute Gasteiger partial charge is 0.306 e. The predicted molar refractivity (Wildman–Crippen MR) is 78.3 cm³/mol. The quantitative estimate of drug-likeness (QED) is 0.788. The average molecular weight is 287 g/mol. The van der Waals surface area contributed by atoms with Crippen molar-refractivity contribution in [1.29, 1.82) is 0 Å². The van der Waals surface area contributed by atoms with E-state index in [4.69, 9.17) is 5.11 Å². The monoisotopic (exact) mass is 287 g/mol. The van der Waals surface area contributed by atoms with Crippen LogP contribution in [-0.2, 0) is 9.59 Å². The Balaban J connectivity index is 2.43. The van der Waals surface area contributed by atoms with E-state index in [9.17, 15) is 9.59 Å². The summed E-state index contributed by atoms with van der Waals surface area (Å²) in [4.78, 5) is 23.1. The summed E-state index contributed by atoms with van der Waals surface area (Å²) in [7, 11) is 0. The molecule has 1 atom stereocenters. The third-order valence-corrected chi connectivity index (χ3v) is 5.08. The van der Waals surface area contributed by atoms with Crippen molar-refractivity contribution < 1.29 is 14.7 Å². The highest BCUT2D eigenvalue weighted by atomic mass is 32.2. The standard InChI is InChI=1S/C14H25NO3S/c1-4-19-12(9(2)3)13(16)15-11-7-5-10(6-8-11)14(17)18/h9-12H,4-8H2,1-3H3,(H,15,16)(H,17,18). The van der Waals surface area contributed by atoms with Gasteiger partial charge in [-0.3, -0.25) is 9.59 Å². The lowest BCUT2D eigenvalue weighted by Gasteiger charge is -2.29. The van der Waals surface area contributed by atoms with Crippen molar-refractivity contribution in [2.24, 2.45) is 11.8 Å². The van der Waals surface area contributed by atoms with Crippen LogP contribution in [0.4, 0.5) is 0 Å². The Bertz CT molecular complexity index is 312. The Kier molecular flexibility index (Phi) is 6.69. The van der Waals surface area contributed by atoms with Gasteiger partial charge in [0.05, 0.1) is 11.2 Å². The molecule has 0 spiro atoms. The molecule has 110 valence electrons. The van der Waals surface area contributed by atoms with Crippen LogP contribution in [0, 0.1) is 11.8 Å². The molecule has 0 aromatic rings. The molecule has 0 aromatic carbocycles.